The molecule has 0 saturated heterocycles. The zero-order valence-electron chi connectivity index (χ0n) is 33.8. The molecule has 2 rings (SSSR count). The van der Waals surface area contributed by atoms with E-state index in [1.54, 1.807) is 90.1 Å². The molecule has 2 amide bonds. The number of nitrogens with zero attached hydrogens (tertiary/aromatic N) is 6. The number of carboxylic acid groups (broad SMARTS) is 1. The number of ether oxygens (including phenoxy) is 5. The number of amides is 2. The number of hydrogen-bond donors (Lipinski definition) is 3. The van der Waals surface area contributed by atoms with E-state index in [9.17, 15) is 24.3 Å². The van der Waals surface area contributed by atoms with E-state index in [-0.39, 0.29) is 44.6 Å². The third-order valence-electron chi connectivity index (χ3n) is 5.94. The third-order valence-corrected chi connectivity index (χ3v) is 5.94. The SMILES string of the molecule is CC(C)(C)OC(=O)N[C@@H](Cc1ccc(OCCN=[N+]=[N-])cc1)C(=O)O.COC(=O)[C@H](Cc1ccc(OCCN=[N+]=[N-])cc1)NC(=O)OC(C)(C)C.O.[CH3][Sn]([CH3])[CH3]. The average molecular weight is 897 g/mol. The molecule has 0 saturated carbocycles. The van der Waals surface area contributed by atoms with Gasteiger partial charge in [0.15, 0.2) is 0 Å². The van der Waals surface area contributed by atoms with Crippen molar-refractivity contribution in [2.24, 2.45) is 10.2 Å². The normalized spacial score (nSPS) is 11.3. The fraction of sp³-hybridized carbons (Fsp3) is 0.556. The second-order valence-corrected chi connectivity index (χ2v) is 22.6. The molecule has 2 atom stereocenters. The van der Waals surface area contributed by atoms with Crippen LogP contribution in [0, 0.1) is 0 Å². The first-order valence-electron chi connectivity index (χ1n) is 17.2. The first-order valence-corrected chi connectivity index (χ1v) is 25.8. The van der Waals surface area contributed by atoms with Crippen LogP contribution in [0.3, 0.4) is 0 Å². The predicted molar refractivity (Wildman–Crippen MR) is 212 cm³/mol. The van der Waals surface area contributed by atoms with E-state index in [1.807, 2.05) is 0 Å². The van der Waals surface area contributed by atoms with Crippen LogP contribution in [0.25, 0.3) is 20.9 Å². The van der Waals surface area contributed by atoms with Crippen molar-refractivity contribution < 1.29 is 53.4 Å². The molecule has 0 heterocycles. The van der Waals surface area contributed by atoms with Gasteiger partial charge >= 0.3 is 58.7 Å². The second kappa shape index (κ2) is 28.3. The zero-order valence-corrected chi connectivity index (χ0v) is 36.7. The molecule has 311 valence electrons. The minimum absolute atomic E-state index is 0. The van der Waals surface area contributed by atoms with Gasteiger partial charge in [-0.05, 0) is 88.0 Å². The molecule has 5 N–H and O–H groups in total. The summed E-state index contributed by atoms with van der Waals surface area (Å²) in [5, 5.41) is 20.9. The number of azide groups is 2. The van der Waals surface area contributed by atoms with Crippen molar-refractivity contribution >= 4 is 43.9 Å². The number of carboxylic acids is 1. The van der Waals surface area contributed by atoms with Gasteiger partial charge in [-0.15, -0.1) is 0 Å². The Morgan fingerprint density at radius 1 is 0.714 bits per heavy atom. The molecule has 0 fully saturated rings. The Morgan fingerprint density at radius 3 is 1.36 bits per heavy atom. The monoisotopic (exact) mass is 897 g/mol. The van der Waals surface area contributed by atoms with Gasteiger partial charge in [-0.25, -0.2) is 19.2 Å². The van der Waals surface area contributed by atoms with E-state index in [1.165, 1.54) is 7.11 Å². The second-order valence-electron chi connectivity index (χ2n) is 14.1. The van der Waals surface area contributed by atoms with Crippen molar-refractivity contribution in [3.05, 3.63) is 80.5 Å². The van der Waals surface area contributed by atoms with Gasteiger partial charge in [0.2, 0.25) is 0 Å². The molecular weight excluding hydrogens is 839 g/mol. The maximum atomic E-state index is 11.9. The Morgan fingerprint density at radius 2 is 1.05 bits per heavy atom. The summed E-state index contributed by atoms with van der Waals surface area (Å²) >= 11 is -0.543. The Hall–Kier alpha value is -5.10. The standard InChI is InChI=1S/C17H24N4O5.C16H22N4O5.3CH3.H2O.Sn/c1-17(2,3)26-16(23)20-14(15(22)24-4)11-12-5-7-13(8-6-12)25-10-9-19-21-18;1-16(2,3)25-15(23)19-13(14(21)22)10-11-4-6-12(7-5-11)24-9-8-18-20-17;;;;;/h5-8,14H,9-11H2,1-4H3,(H,20,23);4-7,13H,8-10H2,1-3H3,(H,19,23)(H,21,22);3*1H3;1H2;/t14-;13-;;;;;/m00...../s1. The minimum atomic E-state index is -1.15. The van der Waals surface area contributed by atoms with Gasteiger partial charge in [0, 0.05) is 22.7 Å². The number of alkyl carbamates (subject to hydrolysis) is 2. The first kappa shape index (κ1) is 53.0. The van der Waals surface area contributed by atoms with Gasteiger partial charge in [-0.1, -0.05) is 34.5 Å². The van der Waals surface area contributed by atoms with E-state index in [4.69, 9.17) is 34.7 Å². The summed E-state index contributed by atoms with van der Waals surface area (Å²) in [5.41, 5.74) is 16.5. The number of hydrogen-bond acceptors (Lipinski definition) is 11. The van der Waals surface area contributed by atoms with Crippen molar-refractivity contribution in [3.8, 4) is 11.5 Å². The van der Waals surface area contributed by atoms with Gasteiger partial charge in [-0.2, -0.15) is 0 Å². The number of carbonyl (C=O) groups is 4. The number of benzene rings is 2. The molecule has 19 nitrogen and oxygen atoms in total. The van der Waals surface area contributed by atoms with Gasteiger partial charge in [0.1, 0.15) is 34.8 Å². The number of esters is 1. The summed E-state index contributed by atoms with van der Waals surface area (Å²) in [6.45, 7) is 11.3. The quantitative estimate of drug-likeness (QED) is 0.0316. The molecule has 2 aromatic rings. The van der Waals surface area contributed by atoms with Crippen molar-refractivity contribution in [2.75, 3.05) is 33.4 Å². The summed E-state index contributed by atoms with van der Waals surface area (Å²) in [6, 6.07) is 11.8. The molecule has 0 aliphatic carbocycles. The van der Waals surface area contributed by atoms with E-state index >= 15 is 0 Å². The first-order chi connectivity index (χ1) is 25.7. The molecule has 20 heteroatoms. The summed E-state index contributed by atoms with van der Waals surface area (Å²) in [7, 11) is 1.26. The van der Waals surface area contributed by atoms with Gasteiger partial charge in [-0.3, -0.25) is 0 Å². The molecule has 2 aromatic carbocycles. The fourth-order valence-corrected chi connectivity index (χ4v) is 3.85. The summed E-state index contributed by atoms with van der Waals surface area (Å²) < 4.78 is 25.8. The molecule has 0 bridgehead atoms. The maximum absolute atomic E-state index is 11.9. The molecule has 0 spiro atoms. The van der Waals surface area contributed by atoms with E-state index in [0.717, 1.165) is 5.56 Å². The third kappa shape index (κ3) is 28.4. The summed E-state index contributed by atoms with van der Waals surface area (Å²) in [5.74, 6) is -0.536. The van der Waals surface area contributed by atoms with Gasteiger partial charge in [0.05, 0.1) is 33.4 Å². The van der Waals surface area contributed by atoms with Crippen molar-refractivity contribution in [1.29, 1.82) is 0 Å². The van der Waals surface area contributed by atoms with Crippen LogP contribution in [-0.4, -0.2) is 111 Å². The molecular formula is C36H57N8O11Sn. The van der Waals surface area contributed by atoms with Crippen LogP contribution in [0.2, 0.25) is 14.8 Å². The molecule has 0 aromatic heterocycles. The van der Waals surface area contributed by atoms with Crippen molar-refractivity contribution in [3.63, 3.8) is 0 Å². The van der Waals surface area contributed by atoms with Crippen LogP contribution in [0.4, 0.5) is 9.59 Å². The van der Waals surface area contributed by atoms with E-state index < -0.39 is 67.2 Å². The van der Waals surface area contributed by atoms with Crippen LogP contribution in [0.5, 0.6) is 11.5 Å². The van der Waals surface area contributed by atoms with Crippen molar-refractivity contribution in [2.45, 2.75) is 92.5 Å². The van der Waals surface area contributed by atoms with Gasteiger partial charge in [0.25, 0.3) is 0 Å². The van der Waals surface area contributed by atoms with Crippen LogP contribution in [0.1, 0.15) is 52.7 Å². The number of methoxy groups -OCH3 is 1. The summed E-state index contributed by atoms with van der Waals surface area (Å²) in [4.78, 5) is 59.3. The Labute approximate surface area is 335 Å². The zero-order chi connectivity index (χ0) is 42.0. The molecule has 0 unspecified atom stereocenters. The summed E-state index contributed by atoms with van der Waals surface area (Å²) in [6.07, 6.45) is -1.12. The van der Waals surface area contributed by atoms with E-state index in [2.05, 4.69) is 45.5 Å². The Kier molecular flexibility index (Phi) is 26.8. The predicted octanol–water partition coefficient (Wildman–Crippen LogP) is 6.43. The molecule has 56 heavy (non-hydrogen) atoms. The number of rotatable bonds is 16. The van der Waals surface area contributed by atoms with Crippen molar-refractivity contribution in [1.82, 2.24) is 10.6 Å². The molecule has 0 aliphatic rings. The Bertz CT molecular complexity index is 1570. The average Bonchev–Trinajstić information content (AvgIpc) is 3.07. The van der Waals surface area contributed by atoms with Crippen LogP contribution < -0.4 is 20.1 Å². The van der Waals surface area contributed by atoms with Crippen LogP contribution in [-0.2, 0) is 36.6 Å². The van der Waals surface area contributed by atoms with Gasteiger partial charge < -0.3 is 44.9 Å². The van der Waals surface area contributed by atoms with Crippen LogP contribution >= 0.6 is 0 Å². The molecule has 0 aliphatic heterocycles. The molecule has 1 radical (unpaired) electrons. The number of aliphatic carboxylic acids is 1. The topological polar surface area (TPSA) is 288 Å². The number of nitrogens with one attached hydrogen (secondary N) is 2. The van der Waals surface area contributed by atoms with Crippen LogP contribution in [0.15, 0.2) is 58.8 Å². The van der Waals surface area contributed by atoms with E-state index in [0.29, 0.717) is 17.1 Å². The Balaban J connectivity index is 0. The number of carbonyl (C=O) groups excluding carboxylic acids is 3. The fourth-order valence-electron chi connectivity index (χ4n) is 3.85.